The van der Waals surface area contributed by atoms with Gasteiger partial charge in [0.2, 0.25) is 0 Å². The Hall–Kier alpha value is -0.670. The highest BCUT2D eigenvalue weighted by Crippen LogP contribution is 2.53. The van der Waals surface area contributed by atoms with E-state index in [2.05, 4.69) is 20.8 Å². The molecule has 0 aliphatic rings. The van der Waals surface area contributed by atoms with E-state index >= 15 is 0 Å². The number of benzene rings is 1. The molecule has 1 aromatic carbocycles. The number of hydrogen-bond acceptors (Lipinski definition) is 4. The molecule has 4 nitrogen and oxygen atoms in total. The summed E-state index contributed by atoms with van der Waals surface area (Å²) in [5, 5.41) is 0. The van der Waals surface area contributed by atoms with Gasteiger partial charge in [-0.1, -0.05) is 65.0 Å². The van der Waals surface area contributed by atoms with Crippen molar-refractivity contribution in [2.24, 2.45) is 5.41 Å². The first kappa shape index (κ1) is 19.4. The Morgan fingerprint density at radius 1 is 1.09 bits per heavy atom. The second-order valence-corrected chi connectivity index (χ2v) is 8.03. The molecule has 1 aromatic rings. The Labute approximate surface area is 134 Å². The third kappa shape index (κ3) is 6.62. The molecule has 5 heteroatoms. The largest absolute Gasteiger partial charge is 0.475 e. The smallest absolute Gasteiger partial charge is 0.287 e. The maximum absolute atomic E-state index is 12.9. The zero-order valence-electron chi connectivity index (χ0n) is 14.4. The second kappa shape index (κ2) is 8.83. The van der Waals surface area contributed by atoms with E-state index in [1.807, 2.05) is 44.2 Å². The van der Waals surface area contributed by atoms with Crippen LogP contribution in [0, 0.1) is 5.41 Å². The standard InChI is InChI=1S/C17H29O4P/c1-6-13-19-22(18,21-16(7-2)17(3,4)5)20-14-15-11-9-8-10-12-15/h8-12,16H,6-7,13-14H2,1-5H3. The fourth-order valence-corrected chi connectivity index (χ4v) is 3.72. The van der Waals surface area contributed by atoms with Crippen molar-refractivity contribution in [3.8, 4) is 0 Å². The molecule has 2 atom stereocenters. The molecule has 0 spiro atoms. The Morgan fingerprint density at radius 2 is 1.73 bits per heavy atom. The van der Waals surface area contributed by atoms with E-state index in [1.165, 1.54) is 0 Å². The molecule has 0 fully saturated rings. The lowest BCUT2D eigenvalue weighted by Gasteiger charge is -2.32. The molecule has 0 bridgehead atoms. The van der Waals surface area contributed by atoms with Crippen LogP contribution in [0.1, 0.15) is 53.0 Å². The SMILES string of the molecule is CCCOP(=O)(OCc1ccccc1)OC(CC)C(C)(C)C. The van der Waals surface area contributed by atoms with Crippen molar-refractivity contribution in [3.63, 3.8) is 0 Å². The summed E-state index contributed by atoms with van der Waals surface area (Å²) in [5.74, 6) is 0. The summed E-state index contributed by atoms with van der Waals surface area (Å²) in [7, 11) is -3.57. The average molecular weight is 328 g/mol. The summed E-state index contributed by atoms with van der Waals surface area (Å²) in [4.78, 5) is 0. The van der Waals surface area contributed by atoms with Crippen LogP contribution in [-0.4, -0.2) is 12.7 Å². The summed E-state index contributed by atoms with van der Waals surface area (Å²) in [6.45, 7) is 10.7. The van der Waals surface area contributed by atoms with Crippen LogP contribution in [0.25, 0.3) is 0 Å². The van der Waals surface area contributed by atoms with Gasteiger partial charge in [-0.05, 0) is 23.8 Å². The molecular formula is C17H29O4P. The van der Waals surface area contributed by atoms with E-state index in [1.54, 1.807) is 0 Å². The van der Waals surface area contributed by atoms with Crippen LogP contribution in [0.4, 0.5) is 0 Å². The molecule has 22 heavy (non-hydrogen) atoms. The normalized spacial score (nSPS) is 16.2. The molecule has 2 unspecified atom stereocenters. The van der Waals surface area contributed by atoms with Crippen LogP contribution in [0.3, 0.4) is 0 Å². The topological polar surface area (TPSA) is 44.8 Å². The Kier molecular flexibility index (Phi) is 7.78. The molecule has 0 amide bonds. The molecule has 0 saturated carbocycles. The van der Waals surface area contributed by atoms with Crippen molar-refractivity contribution in [1.29, 1.82) is 0 Å². The van der Waals surface area contributed by atoms with Gasteiger partial charge in [0.25, 0.3) is 0 Å². The van der Waals surface area contributed by atoms with Crippen LogP contribution < -0.4 is 0 Å². The van der Waals surface area contributed by atoms with Gasteiger partial charge in [-0.3, -0.25) is 13.6 Å². The monoisotopic (exact) mass is 328 g/mol. The van der Waals surface area contributed by atoms with E-state index in [4.69, 9.17) is 13.6 Å². The minimum absolute atomic E-state index is 0.129. The second-order valence-electron chi connectivity index (χ2n) is 6.41. The number of phosphoric acid groups is 1. The van der Waals surface area contributed by atoms with E-state index in [-0.39, 0.29) is 18.1 Å². The first-order valence-electron chi connectivity index (χ1n) is 7.92. The fourth-order valence-electron chi connectivity index (χ4n) is 2.03. The van der Waals surface area contributed by atoms with E-state index < -0.39 is 7.82 Å². The predicted octanol–water partition coefficient (Wildman–Crippen LogP) is 5.58. The van der Waals surface area contributed by atoms with Gasteiger partial charge >= 0.3 is 7.82 Å². The fraction of sp³-hybridized carbons (Fsp3) is 0.647. The maximum Gasteiger partial charge on any atom is 0.475 e. The van der Waals surface area contributed by atoms with Crippen molar-refractivity contribution in [2.45, 2.75) is 60.2 Å². The van der Waals surface area contributed by atoms with E-state index in [0.29, 0.717) is 6.61 Å². The summed E-state index contributed by atoms with van der Waals surface area (Å²) in [6.07, 6.45) is 1.32. The molecule has 0 aliphatic heterocycles. The molecule has 0 saturated heterocycles. The first-order chi connectivity index (χ1) is 10.3. The zero-order chi connectivity index (χ0) is 16.6. The van der Waals surface area contributed by atoms with Crippen LogP contribution in [0.2, 0.25) is 0 Å². The summed E-state index contributed by atoms with van der Waals surface area (Å²) < 4.78 is 29.7. The molecule has 0 aromatic heterocycles. The van der Waals surface area contributed by atoms with Crippen molar-refractivity contribution in [2.75, 3.05) is 6.61 Å². The minimum atomic E-state index is -3.57. The van der Waals surface area contributed by atoms with Crippen LogP contribution in [0.5, 0.6) is 0 Å². The lowest BCUT2D eigenvalue weighted by molar-refractivity contribution is 0.0219. The quantitative estimate of drug-likeness (QED) is 0.555. The van der Waals surface area contributed by atoms with Crippen LogP contribution in [-0.2, 0) is 24.7 Å². The van der Waals surface area contributed by atoms with Crippen molar-refractivity contribution in [1.82, 2.24) is 0 Å². The van der Waals surface area contributed by atoms with Crippen LogP contribution in [0.15, 0.2) is 30.3 Å². The van der Waals surface area contributed by atoms with E-state index in [0.717, 1.165) is 18.4 Å². The molecular weight excluding hydrogens is 299 g/mol. The molecule has 126 valence electrons. The lowest BCUT2D eigenvalue weighted by Crippen LogP contribution is -2.28. The highest BCUT2D eigenvalue weighted by Gasteiger charge is 2.35. The van der Waals surface area contributed by atoms with Crippen molar-refractivity contribution < 1.29 is 18.1 Å². The summed E-state index contributed by atoms with van der Waals surface area (Å²) in [5.41, 5.74) is 0.811. The molecule has 0 N–H and O–H groups in total. The zero-order valence-corrected chi connectivity index (χ0v) is 15.3. The molecule has 1 rings (SSSR count). The van der Waals surface area contributed by atoms with E-state index in [9.17, 15) is 4.57 Å². The third-order valence-corrected chi connectivity index (χ3v) is 4.74. The van der Waals surface area contributed by atoms with Gasteiger partial charge in [-0.2, -0.15) is 0 Å². The van der Waals surface area contributed by atoms with Gasteiger partial charge in [0.1, 0.15) is 0 Å². The minimum Gasteiger partial charge on any atom is -0.287 e. The van der Waals surface area contributed by atoms with Gasteiger partial charge < -0.3 is 0 Å². The Balaban J connectivity index is 2.78. The number of hydrogen-bond donors (Lipinski definition) is 0. The molecule has 0 heterocycles. The first-order valence-corrected chi connectivity index (χ1v) is 9.38. The number of rotatable bonds is 9. The average Bonchev–Trinajstić information content (AvgIpc) is 2.49. The Morgan fingerprint density at radius 3 is 2.23 bits per heavy atom. The van der Waals surface area contributed by atoms with Gasteiger partial charge in [-0.15, -0.1) is 0 Å². The van der Waals surface area contributed by atoms with Gasteiger partial charge in [0, 0.05) is 0 Å². The van der Waals surface area contributed by atoms with Crippen molar-refractivity contribution in [3.05, 3.63) is 35.9 Å². The van der Waals surface area contributed by atoms with Gasteiger partial charge in [0.05, 0.1) is 19.3 Å². The molecule has 0 radical (unpaired) electrons. The number of phosphoric ester groups is 1. The lowest BCUT2D eigenvalue weighted by atomic mass is 9.88. The molecule has 0 aliphatic carbocycles. The summed E-state index contributed by atoms with van der Waals surface area (Å²) in [6, 6.07) is 9.61. The van der Waals surface area contributed by atoms with Gasteiger partial charge in [0.15, 0.2) is 0 Å². The van der Waals surface area contributed by atoms with Crippen molar-refractivity contribution >= 4 is 7.82 Å². The highest BCUT2D eigenvalue weighted by atomic mass is 31.2. The van der Waals surface area contributed by atoms with Crippen LogP contribution >= 0.6 is 7.82 Å². The summed E-state index contributed by atoms with van der Waals surface area (Å²) >= 11 is 0. The Bertz CT molecular complexity index is 467. The predicted molar refractivity (Wildman–Crippen MR) is 89.7 cm³/mol. The maximum atomic E-state index is 12.9. The van der Waals surface area contributed by atoms with Gasteiger partial charge in [-0.25, -0.2) is 4.57 Å². The highest BCUT2D eigenvalue weighted by molar-refractivity contribution is 7.48. The third-order valence-electron chi connectivity index (χ3n) is 3.28.